The van der Waals surface area contributed by atoms with Crippen molar-refractivity contribution in [3.63, 3.8) is 0 Å². The lowest BCUT2D eigenvalue weighted by molar-refractivity contribution is -0.115. The van der Waals surface area contributed by atoms with Crippen LogP contribution < -0.4 is 5.32 Å². The predicted molar refractivity (Wildman–Crippen MR) is 111 cm³/mol. The van der Waals surface area contributed by atoms with Gasteiger partial charge in [0.05, 0.1) is 12.6 Å². The van der Waals surface area contributed by atoms with E-state index in [2.05, 4.69) is 10.3 Å². The summed E-state index contributed by atoms with van der Waals surface area (Å²) in [6.07, 6.45) is 3.37. The zero-order chi connectivity index (χ0) is 20.2. The SMILES string of the molecule is Cc1ccc(-c2ncco2)cc1-c1ccc(NC(=O)Cc2ccc(F)cc2)cc1. The molecule has 1 heterocycles. The molecule has 0 unspecified atom stereocenters. The first-order valence-corrected chi connectivity index (χ1v) is 9.24. The van der Waals surface area contributed by atoms with Crippen molar-refractivity contribution in [3.05, 3.63) is 96.1 Å². The lowest BCUT2D eigenvalue weighted by Crippen LogP contribution is -2.14. The molecule has 4 rings (SSSR count). The largest absolute Gasteiger partial charge is 0.445 e. The third kappa shape index (κ3) is 4.41. The summed E-state index contributed by atoms with van der Waals surface area (Å²) in [6, 6.07) is 19.7. The number of aromatic nitrogens is 1. The van der Waals surface area contributed by atoms with E-state index in [0.717, 1.165) is 27.8 Å². The average molecular weight is 386 g/mol. The minimum absolute atomic E-state index is 0.147. The molecule has 0 bridgehead atoms. The van der Waals surface area contributed by atoms with Gasteiger partial charge in [-0.2, -0.15) is 0 Å². The minimum Gasteiger partial charge on any atom is -0.445 e. The molecule has 0 aliphatic heterocycles. The highest BCUT2D eigenvalue weighted by Crippen LogP contribution is 2.29. The van der Waals surface area contributed by atoms with Gasteiger partial charge in [-0.25, -0.2) is 9.37 Å². The van der Waals surface area contributed by atoms with Crippen LogP contribution in [0.2, 0.25) is 0 Å². The zero-order valence-corrected chi connectivity index (χ0v) is 15.9. The topological polar surface area (TPSA) is 55.1 Å². The number of amides is 1. The van der Waals surface area contributed by atoms with Gasteiger partial charge in [-0.15, -0.1) is 0 Å². The maximum atomic E-state index is 13.0. The maximum Gasteiger partial charge on any atom is 0.228 e. The number of rotatable bonds is 5. The van der Waals surface area contributed by atoms with Crippen molar-refractivity contribution in [2.24, 2.45) is 0 Å². The molecule has 3 aromatic carbocycles. The van der Waals surface area contributed by atoms with Crippen molar-refractivity contribution in [1.82, 2.24) is 4.98 Å². The van der Waals surface area contributed by atoms with Crippen LogP contribution in [0.5, 0.6) is 0 Å². The smallest absolute Gasteiger partial charge is 0.228 e. The summed E-state index contributed by atoms with van der Waals surface area (Å²) in [4.78, 5) is 16.4. The van der Waals surface area contributed by atoms with Gasteiger partial charge in [-0.3, -0.25) is 4.79 Å². The van der Waals surface area contributed by atoms with Gasteiger partial charge in [0.15, 0.2) is 0 Å². The van der Waals surface area contributed by atoms with Gasteiger partial charge < -0.3 is 9.73 Å². The zero-order valence-electron chi connectivity index (χ0n) is 15.9. The number of oxazole rings is 1. The van der Waals surface area contributed by atoms with E-state index in [1.807, 2.05) is 49.4 Å². The molecule has 5 heteroatoms. The number of nitrogens with one attached hydrogen (secondary N) is 1. The first-order valence-electron chi connectivity index (χ1n) is 9.24. The average Bonchev–Trinajstić information content (AvgIpc) is 3.26. The van der Waals surface area contributed by atoms with Crippen LogP contribution in [-0.4, -0.2) is 10.9 Å². The van der Waals surface area contributed by atoms with Gasteiger partial charge in [0.2, 0.25) is 11.8 Å². The van der Waals surface area contributed by atoms with Crippen molar-refractivity contribution in [3.8, 4) is 22.6 Å². The van der Waals surface area contributed by atoms with E-state index < -0.39 is 0 Å². The number of benzene rings is 3. The van der Waals surface area contributed by atoms with Crippen LogP contribution in [0.4, 0.5) is 10.1 Å². The number of anilines is 1. The molecule has 1 amide bonds. The Kier molecular flexibility index (Phi) is 5.20. The van der Waals surface area contributed by atoms with E-state index in [-0.39, 0.29) is 18.1 Å². The molecule has 0 saturated carbocycles. The Hall–Kier alpha value is -3.73. The Balaban J connectivity index is 1.48. The van der Waals surface area contributed by atoms with E-state index in [4.69, 9.17) is 4.42 Å². The normalized spacial score (nSPS) is 10.7. The summed E-state index contributed by atoms with van der Waals surface area (Å²) in [6.45, 7) is 2.05. The third-order valence-electron chi connectivity index (χ3n) is 4.67. The van der Waals surface area contributed by atoms with E-state index in [1.165, 1.54) is 12.1 Å². The van der Waals surface area contributed by atoms with Gasteiger partial charge in [-0.05, 0) is 65.6 Å². The number of nitrogens with zero attached hydrogens (tertiary/aromatic N) is 1. The highest BCUT2D eigenvalue weighted by Gasteiger charge is 2.09. The highest BCUT2D eigenvalue weighted by molar-refractivity contribution is 5.92. The number of carbonyl (C=O) groups is 1. The standard InChI is InChI=1S/C24H19FN2O2/c1-16-2-5-19(24-26-12-13-29-24)15-22(16)18-6-10-21(11-7-18)27-23(28)14-17-3-8-20(25)9-4-17/h2-13,15H,14H2,1H3,(H,27,28). The summed E-state index contributed by atoms with van der Waals surface area (Å²) in [5.41, 5.74) is 5.62. The molecule has 0 fully saturated rings. The van der Waals surface area contributed by atoms with Gasteiger partial charge in [0.1, 0.15) is 12.1 Å². The van der Waals surface area contributed by atoms with Crippen molar-refractivity contribution in [2.75, 3.05) is 5.32 Å². The summed E-state index contributed by atoms with van der Waals surface area (Å²) in [7, 11) is 0. The quantitative estimate of drug-likeness (QED) is 0.483. The van der Waals surface area contributed by atoms with Crippen LogP contribution in [0.25, 0.3) is 22.6 Å². The molecule has 0 aliphatic carbocycles. The first kappa shape index (κ1) is 18.6. The highest BCUT2D eigenvalue weighted by atomic mass is 19.1. The van der Waals surface area contributed by atoms with E-state index in [0.29, 0.717) is 11.6 Å². The lowest BCUT2D eigenvalue weighted by Gasteiger charge is -2.10. The van der Waals surface area contributed by atoms with E-state index in [1.54, 1.807) is 24.6 Å². The molecule has 1 aromatic heterocycles. The Morgan fingerprint density at radius 2 is 1.72 bits per heavy atom. The summed E-state index contributed by atoms with van der Waals surface area (Å²) >= 11 is 0. The third-order valence-corrected chi connectivity index (χ3v) is 4.67. The summed E-state index contributed by atoms with van der Waals surface area (Å²) in [5.74, 6) is 0.120. The number of aryl methyl sites for hydroxylation is 1. The number of carbonyl (C=O) groups excluding carboxylic acids is 1. The van der Waals surface area contributed by atoms with E-state index in [9.17, 15) is 9.18 Å². The second kappa shape index (κ2) is 8.10. The van der Waals surface area contributed by atoms with Crippen LogP contribution in [0.1, 0.15) is 11.1 Å². The van der Waals surface area contributed by atoms with Gasteiger partial charge >= 0.3 is 0 Å². The molecule has 4 nitrogen and oxygen atoms in total. The summed E-state index contributed by atoms with van der Waals surface area (Å²) in [5, 5.41) is 2.87. The molecule has 144 valence electrons. The molecular formula is C24H19FN2O2. The second-order valence-corrected chi connectivity index (χ2v) is 6.80. The molecule has 4 aromatic rings. The molecule has 0 spiro atoms. The number of halogens is 1. The second-order valence-electron chi connectivity index (χ2n) is 6.80. The maximum absolute atomic E-state index is 13.0. The molecule has 0 radical (unpaired) electrons. The Labute approximate surface area is 168 Å². The van der Waals surface area contributed by atoms with Crippen molar-refractivity contribution >= 4 is 11.6 Å². The van der Waals surface area contributed by atoms with Gasteiger partial charge in [0, 0.05) is 11.3 Å². The summed E-state index contributed by atoms with van der Waals surface area (Å²) < 4.78 is 18.4. The molecule has 29 heavy (non-hydrogen) atoms. The fraction of sp³-hybridized carbons (Fsp3) is 0.0833. The van der Waals surface area contributed by atoms with Crippen molar-refractivity contribution in [2.45, 2.75) is 13.3 Å². The molecule has 0 atom stereocenters. The number of hydrogen-bond donors (Lipinski definition) is 1. The monoisotopic (exact) mass is 386 g/mol. The van der Waals surface area contributed by atoms with Crippen LogP contribution in [-0.2, 0) is 11.2 Å². The van der Waals surface area contributed by atoms with E-state index >= 15 is 0 Å². The fourth-order valence-electron chi connectivity index (χ4n) is 3.16. The first-order chi connectivity index (χ1) is 14.1. The molecular weight excluding hydrogens is 367 g/mol. The van der Waals surface area contributed by atoms with Crippen molar-refractivity contribution < 1.29 is 13.6 Å². The minimum atomic E-state index is -0.313. The fourth-order valence-corrected chi connectivity index (χ4v) is 3.16. The van der Waals surface area contributed by atoms with Crippen LogP contribution in [0.3, 0.4) is 0 Å². The predicted octanol–water partition coefficient (Wildman–Crippen LogP) is 5.64. The van der Waals surface area contributed by atoms with Gasteiger partial charge in [0.25, 0.3) is 0 Å². The van der Waals surface area contributed by atoms with Crippen LogP contribution in [0, 0.1) is 12.7 Å². The Morgan fingerprint density at radius 3 is 2.41 bits per heavy atom. The Bertz CT molecular complexity index is 1120. The molecule has 0 saturated heterocycles. The van der Waals surface area contributed by atoms with Crippen LogP contribution >= 0.6 is 0 Å². The number of hydrogen-bond acceptors (Lipinski definition) is 3. The van der Waals surface area contributed by atoms with Crippen molar-refractivity contribution in [1.29, 1.82) is 0 Å². The molecule has 1 N–H and O–H groups in total. The van der Waals surface area contributed by atoms with Gasteiger partial charge in [-0.1, -0.05) is 30.3 Å². The van der Waals surface area contributed by atoms with Crippen LogP contribution in [0.15, 0.2) is 83.6 Å². The molecule has 0 aliphatic rings. The lowest BCUT2D eigenvalue weighted by atomic mass is 9.98. The Morgan fingerprint density at radius 1 is 1.00 bits per heavy atom.